The molecule has 0 fully saturated rings. The largest absolute Gasteiger partial charge is 0.323 e. The number of urea groups is 1. The topological polar surface area (TPSA) is 58.1 Å². The van der Waals surface area contributed by atoms with Gasteiger partial charge in [0.2, 0.25) is 0 Å². The zero-order valence-corrected chi connectivity index (χ0v) is 8.56. The SMILES string of the molecule is O=C(Nc1ccncn1)N1CCC=C(F)C1. The first-order valence-corrected chi connectivity index (χ1v) is 4.92. The summed E-state index contributed by atoms with van der Waals surface area (Å²) in [7, 11) is 0. The number of nitrogens with zero attached hydrogens (tertiary/aromatic N) is 3. The molecule has 0 saturated carbocycles. The maximum atomic E-state index is 12.9. The van der Waals surface area contributed by atoms with E-state index in [9.17, 15) is 9.18 Å². The highest BCUT2D eigenvalue weighted by atomic mass is 19.1. The van der Waals surface area contributed by atoms with E-state index in [-0.39, 0.29) is 18.4 Å². The van der Waals surface area contributed by atoms with Gasteiger partial charge in [0.1, 0.15) is 18.0 Å². The molecule has 1 aromatic rings. The van der Waals surface area contributed by atoms with Crippen LogP contribution < -0.4 is 5.32 Å². The summed E-state index contributed by atoms with van der Waals surface area (Å²) in [6, 6.07) is 1.23. The second-order valence-electron chi connectivity index (χ2n) is 3.39. The van der Waals surface area contributed by atoms with E-state index in [4.69, 9.17) is 0 Å². The van der Waals surface area contributed by atoms with Crippen LogP contribution in [0.2, 0.25) is 0 Å². The lowest BCUT2D eigenvalue weighted by Gasteiger charge is -2.24. The molecular formula is C10H11FN4O. The molecule has 0 bridgehead atoms. The first kappa shape index (κ1) is 10.5. The number of hydrogen-bond acceptors (Lipinski definition) is 3. The van der Waals surface area contributed by atoms with Gasteiger partial charge in [0.15, 0.2) is 0 Å². The third-order valence-electron chi connectivity index (χ3n) is 2.21. The summed E-state index contributed by atoms with van der Waals surface area (Å²) in [4.78, 5) is 20.7. The normalized spacial score (nSPS) is 15.6. The van der Waals surface area contributed by atoms with Crippen molar-refractivity contribution in [1.29, 1.82) is 0 Å². The Balaban J connectivity index is 1.96. The number of halogens is 1. The fourth-order valence-corrected chi connectivity index (χ4v) is 1.43. The highest BCUT2D eigenvalue weighted by Gasteiger charge is 2.18. The Kier molecular flexibility index (Phi) is 3.09. The summed E-state index contributed by atoms with van der Waals surface area (Å²) < 4.78 is 12.9. The summed E-state index contributed by atoms with van der Waals surface area (Å²) in [5.41, 5.74) is 0. The number of hydrogen-bond donors (Lipinski definition) is 1. The maximum absolute atomic E-state index is 12.9. The fraction of sp³-hybridized carbons (Fsp3) is 0.300. The van der Waals surface area contributed by atoms with Gasteiger partial charge < -0.3 is 4.90 Å². The monoisotopic (exact) mass is 222 g/mol. The van der Waals surface area contributed by atoms with Crippen molar-refractivity contribution in [3.63, 3.8) is 0 Å². The molecular weight excluding hydrogens is 211 g/mol. The molecule has 2 heterocycles. The van der Waals surface area contributed by atoms with Crippen molar-refractivity contribution in [2.45, 2.75) is 6.42 Å². The molecule has 0 saturated heterocycles. The second kappa shape index (κ2) is 4.69. The molecule has 0 aromatic carbocycles. The summed E-state index contributed by atoms with van der Waals surface area (Å²) in [5, 5.41) is 2.57. The van der Waals surface area contributed by atoms with Crippen LogP contribution in [0.25, 0.3) is 0 Å². The summed E-state index contributed by atoms with van der Waals surface area (Å²) in [5.74, 6) is 0.138. The molecule has 0 aliphatic carbocycles. The van der Waals surface area contributed by atoms with Gasteiger partial charge in [0, 0.05) is 12.7 Å². The molecule has 1 aliphatic heterocycles. The first-order chi connectivity index (χ1) is 7.75. The van der Waals surface area contributed by atoms with Crippen LogP contribution in [0.1, 0.15) is 6.42 Å². The predicted molar refractivity (Wildman–Crippen MR) is 56.4 cm³/mol. The molecule has 84 valence electrons. The zero-order chi connectivity index (χ0) is 11.4. The summed E-state index contributed by atoms with van der Waals surface area (Å²) in [6.07, 6.45) is 4.91. The second-order valence-corrected chi connectivity index (χ2v) is 3.39. The zero-order valence-electron chi connectivity index (χ0n) is 8.56. The van der Waals surface area contributed by atoms with E-state index in [0.717, 1.165) is 0 Å². The Morgan fingerprint density at radius 3 is 3.12 bits per heavy atom. The smallest absolute Gasteiger partial charge is 0.318 e. The van der Waals surface area contributed by atoms with Gasteiger partial charge in [-0.05, 0) is 18.6 Å². The number of nitrogens with one attached hydrogen (secondary N) is 1. The van der Waals surface area contributed by atoms with Gasteiger partial charge in [-0.1, -0.05) is 0 Å². The van der Waals surface area contributed by atoms with E-state index in [1.54, 1.807) is 6.07 Å². The fourth-order valence-electron chi connectivity index (χ4n) is 1.43. The predicted octanol–water partition coefficient (Wildman–Crippen LogP) is 1.57. The van der Waals surface area contributed by atoms with Crippen LogP contribution in [0.3, 0.4) is 0 Å². The number of carbonyl (C=O) groups excluding carboxylic acids is 1. The minimum absolute atomic E-state index is 0.0247. The van der Waals surface area contributed by atoms with Crippen LogP contribution >= 0.6 is 0 Å². The average molecular weight is 222 g/mol. The van der Waals surface area contributed by atoms with E-state index in [2.05, 4.69) is 15.3 Å². The van der Waals surface area contributed by atoms with Crippen molar-refractivity contribution < 1.29 is 9.18 Å². The average Bonchev–Trinajstić information content (AvgIpc) is 2.30. The van der Waals surface area contributed by atoms with Crippen molar-refractivity contribution in [3.8, 4) is 0 Å². The van der Waals surface area contributed by atoms with Crippen molar-refractivity contribution >= 4 is 11.8 Å². The molecule has 1 aromatic heterocycles. The maximum Gasteiger partial charge on any atom is 0.323 e. The third kappa shape index (κ3) is 2.53. The summed E-state index contributed by atoms with van der Waals surface area (Å²) >= 11 is 0. The highest BCUT2D eigenvalue weighted by molar-refractivity contribution is 5.88. The van der Waals surface area contributed by atoms with Crippen molar-refractivity contribution in [1.82, 2.24) is 14.9 Å². The quantitative estimate of drug-likeness (QED) is 0.784. The molecule has 0 spiro atoms. The van der Waals surface area contributed by atoms with Crippen LogP contribution in [-0.2, 0) is 0 Å². The van der Waals surface area contributed by atoms with Gasteiger partial charge in [0.05, 0.1) is 6.54 Å². The van der Waals surface area contributed by atoms with Crippen LogP contribution in [-0.4, -0.2) is 34.0 Å². The Bertz CT molecular complexity index is 407. The lowest BCUT2D eigenvalue weighted by atomic mass is 10.2. The van der Waals surface area contributed by atoms with Crippen molar-refractivity contribution in [3.05, 3.63) is 30.5 Å². The Hall–Kier alpha value is -1.98. The molecule has 1 N–H and O–H groups in total. The van der Waals surface area contributed by atoms with E-state index >= 15 is 0 Å². The van der Waals surface area contributed by atoms with Gasteiger partial charge in [0.25, 0.3) is 0 Å². The minimum atomic E-state index is -0.345. The van der Waals surface area contributed by atoms with Gasteiger partial charge in [-0.3, -0.25) is 5.32 Å². The van der Waals surface area contributed by atoms with E-state index in [1.807, 2.05) is 0 Å². The van der Waals surface area contributed by atoms with E-state index in [0.29, 0.717) is 18.8 Å². The minimum Gasteiger partial charge on any atom is -0.318 e. The highest BCUT2D eigenvalue weighted by Crippen LogP contribution is 2.11. The van der Waals surface area contributed by atoms with Crippen molar-refractivity contribution in [2.24, 2.45) is 0 Å². The molecule has 0 atom stereocenters. The van der Waals surface area contributed by atoms with Gasteiger partial charge in [-0.15, -0.1) is 0 Å². The molecule has 0 radical (unpaired) electrons. The molecule has 2 rings (SSSR count). The molecule has 0 unspecified atom stereocenters. The first-order valence-electron chi connectivity index (χ1n) is 4.92. The lowest BCUT2D eigenvalue weighted by Crippen LogP contribution is -2.38. The van der Waals surface area contributed by atoms with Gasteiger partial charge in [-0.25, -0.2) is 19.2 Å². The number of amides is 2. The standard InChI is InChI=1S/C10H11FN4O/c11-8-2-1-5-15(6-8)10(16)14-9-3-4-12-7-13-9/h2-4,7H,1,5-6H2,(H,12,13,14,16). The Morgan fingerprint density at radius 1 is 1.56 bits per heavy atom. The molecule has 2 amide bonds. The van der Waals surface area contributed by atoms with Gasteiger partial charge >= 0.3 is 6.03 Å². The van der Waals surface area contributed by atoms with Crippen molar-refractivity contribution in [2.75, 3.05) is 18.4 Å². The lowest BCUT2D eigenvalue weighted by molar-refractivity contribution is 0.210. The molecule has 1 aliphatic rings. The number of carbonyl (C=O) groups is 1. The number of anilines is 1. The number of rotatable bonds is 1. The van der Waals surface area contributed by atoms with Crippen LogP contribution in [0.5, 0.6) is 0 Å². The van der Waals surface area contributed by atoms with Gasteiger partial charge in [-0.2, -0.15) is 0 Å². The third-order valence-corrected chi connectivity index (χ3v) is 2.21. The van der Waals surface area contributed by atoms with E-state index in [1.165, 1.54) is 23.5 Å². The summed E-state index contributed by atoms with van der Waals surface area (Å²) in [6.45, 7) is 0.543. The van der Waals surface area contributed by atoms with Crippen LogP contribution in [0.4, 0.5) is 15.0 Å². The number of aromatic nitrogens is 2. The molecule has 16 heavy (non-hydrogen) atoms. The van der Waals surface area contributed by atoms with Crippen LogP contribution in [0, 0.1) is 0 Å². The van der Waals surface area contributed by atoms with Crippen LogP contribution in [0.15, 0.2) is 30.5 Å². The molecule has 5 nitrogen and oxygen atoms in total. The Morgan fingerprint density at radius 2 is 2.44 bits per heavy atom. The van der Waals surface area contributed by atoms with E-state index < -0.39 is 0 Å². The Labute approximate surface area is 92.0 Å². The molecule has 6 heteroatoms.